The Morgan fingerprint density at radius 3 is 2.69 bits per heavy atom. The molecule has 0 aliphatic carbocycles. The van der Waals surface area contributed by atoms with Crippen molar-refractivity contribution >= 4 is 28.4 Å². The minimum Gasteiger partial charge on any atom is -0.314 e. The summed E-state index contributed by atoms with van der Waals surface area (Å²) in [6.07, 6.45) is 4.27. The average Bonchev–Trinajstić information content (AvgIpc) is 2.31. The molecule has 2 rings (SSSR count). The fraction of sp³-hybridized carbons (Fsp3) is 0.462. The average molecular weight is 329 g/mol. The molecule has 0 amide bonds. The Balaban J connectivity index is 1.94. The highest BCUT2D eigenvalue weighted by atomic mass is 127. The van der Waals surface area contributed by atoms with E-state index in [0.29, 0.717) is 12.5 Å². The lowest BCUT2D eigenvalue weighted by Crippen LogP contribution is -2.35. The number of hydrogen-bond donors (Lipinski definition) is 1. The SMILES string of the molecule is O=C(CC1CCCCN1)c1ccc(I)cc1. The highest BCUT2D eigenvalue weighted by molar-refractivity contribution is 14.1. The van der Waals surface area contributed by atoms with Gasteiger partial charge < -0.3 is 5.32 Å². The molecule has 1 atom stereocenters. The third-order valence-electron chi connectivity index (χ3n) is 3.01. The van der Waals surface area contributed by atoms with Crippen LogP contribution in [-0.2, 0) is 0 Å². The van der Waals surface area contributed by atoms with E-state index in [9.17, 15) is 4.79 Å². The molecule has 0 spiro atoms. The molecule has 1 fully saturated rings. The van der Waals surface area contributed by atoms with E-state index < -0.39 is 0 Å². The molecule has 86 valence electrons. The van der Waals surface area contributed by atoms with E-state index in [4.69, 9.17) is 0 Å². The number of carbonyl (C=O) groups is 1. The number of piperidine rings is 1. The van der Waals surface area contributed by atoms with Crippen molar-refractivity contribution in [1.82, 2.24) is 5.32 Å². The fourth-order valence-corrected chi connectivity index (χ4v) is 2.44. The molecule has 3 heteroatoms. The van der Waals surface area contributed by atoms with Crippen molar-refractivity contribution in [2.24, 2.45) is 0 Å². The molecule has 0 bridgehead atoms. The van der Waals surface area contributed by atoms with Gasteiger partial charge in [-0.1, -0.05) is 18.6 Å². The Morgan fingerprint density at radius 2 is 2.06 bits per heavy atom. The van der Waals surface area contributed by atoms with Crippen molar-refractivity contribution in [2.45, 2.75) is 31.7 Å². The summed E-state index contributed by atoms with van der Waals surface area (Å²) in [6.45, 7) is 1.06. The van der Waals surface area contributed by atoms with Gasteiger partial charge in [0, 0.05) is 21.6 Å². The van der Waals surface area contributed by atoms with Gasteiger partial charge in [0.15, 0.2) is 5.78 Å². The Bertz CT molecular complexity index is 355. The number of Topliss-reactive ketones (excluding diaryl/α,β-unsaturated/α-hetero) is 1. The predicted molar refractivity (Wildman–Crippen MR) is 73.7 cm³/mol. The minimum atomic E-state index is 0.260. The lowest BCUT2D eigenvalue weighted by Gasteiger charge is -2.22. The highest BCUT2D eigenvalue weighted by Crippen LogP contribution is 2.14. The molecule has 0 aromatic heterocycles. The molecule has 16 heavy (non-hydrogen) atoms. The van der Waals surface area contributed by atoms with Gasteiger partial charge in [-0.3, -0.25) is 4.79 Å². The summed E-state index contributed by atoms with van der Waals surface area (Å²) in [5, 5.41) is 3.41. The topological polar surface area (TPSA) is 29.1 Å². The number of benzene rings is 1. The number of rotatable bonds is 3. The van der Waals surface area contributed by atoms with E-state index in [1.54, 1.807) is 0 Å². The second-order valence-electron chi connectivity index (χ2n) is 4.28. The molecule has 1 aliphatic heterocycles. The number of halogens is 1. The number of hydrogen-bond acceptors (Lipinski definition) is 2. The first-order chi connectivity index (χ1) is 7.75. The first-order valence-electron chi connectivity index (χ1n) is 5.78. The van der Waals surface area contributed by atoms with Crippen LogP contribution in [0.1, 0.15) is 36.0 Å². The van der Waals surface area contributed by atoms with Crippen molar-refractivity contribution in [3.63, 3.8) is 0 Å². The summed E-state index contributed by atoms with van der Waals surface area (Å²) in [7, 11) is 0. The van der Waals surface area contributed by atoms with Crippen LogP contribution in [0.15, 0.2) is 24.3 Å². The van der Waals surface area contributed by atoms with E-state index in [2.05, 4.69) is 27.9 Å². The molecule has 0 radical (unpaired) electrons. The molecule has 1 unspecified atom stereocenters. The molecule has 0 saturated carbocycles. The van der Waals surface area contributed by atoms with Gasteiger partial charge in [0.1, 0.15) is 0 Å². The monoisotopic (exact) mass is 329 g/mol. The molecule has 1 N–H and O–H groups in total. The number of carbonyl (C=O) groups excluding carboxylic acids is 1. The summed E-state index contributed by atoms with van der Waals surface area (Å²) >= 11 is 2.25. The van der Waals surface area contributed by atoms with Gasteiger partial charge in [0.2, 0.25) is 0 Å². The van der Waals surface area contributed by atoms with E-state index in [-0.39, 0.29) is 5.78 Å². The Kier molecular flexibility index (Phi) is 4.35. The zero-order valence-corrected chi connectivity index (χ0v) is 11.4. The highest BCUT2D eigenvalue weighted by Gasteiger charge is 2.17. The zero-order valence-electron chi connectivity index (χ0n) is 9.21. The van der Waals surface area contributed by atoms with Gasteiger partial charge in [-0.2, -0.15) is 0 Å². The molecule has 1 aromatic rings. The van der Waals surface area contributed by atoms with Crippen molar-refractivity contribution in [2.75, 3.05) is 6.54 Å². The molecule has 1 aliphatic rings. The van der Waals surface area contributed by atoms with Crippen molar-refractivity contribution in [3.8, 4) is 0 Å². The Morgan fingerprint density at radius 1 is 1.31 bits per heavy atom. The van der Waals surface area contributed by atoms with Crippen molar-refractivity contribution in [3.05, 3.63) is 33.4 Å². The second kappa shape index (κ2) is 5.77. The summed E-state index contributed by atoms with van der Waals surface area (Å²) in [5.41, 5.74) is 0.841. The predicted octanol–water partition coefficient (Wildman–Crippen LogP) is 3.01. The normalized spacial score (nSPS) is 20.7. The van der Waals surface area contributed by atoms with Gasteiger partial charge in [-0.15, -0.1) is 0 Å². The zero-order chi connectivity index (χ0) is 11.4. The van der Waals surface area contributed by atoms with Crippen LogP contribution in [0.3, 0.4) is 0 Å². The smallest absolute Gasteiger partial charge is 0.164 e. The second-order valence-corrected chi connectivity index (χ2v) is 5.53. The van der Waals surface area contributed by atoms with Gasteiger partial charge in [0.25, 0.3) is 0 Å². The first kappa shape index (κ1) is 12.0. The number of nitrogens with one attached hydrogen (secondary N) is 1. The maximum atomic E-state index is 12.0. The minimum absolute atomic E-state index is 0.260. The van der Waals surface area contributed by atoms with Crippen molar-refractivity contribution < 1.29 is 4.79 Å². The third-order valence-corrected chi connectivity index (χ3v) is 3.73. The number of ketones is 1. The van der Waals surface area contributed by atoms with Crippen LogP contribution in [0.5, 0.6) is 0 Å². The maximum absolute atomic E-state index is 12.0. The largest absolute Gasteiger partial charge is 0.314 e. The molecule has 1 saturated heterocycles. The van der Waals surface area contributed by atoms with Crippen LogP contribution in [0.2, 0.25) is 0 Å². The standard InChI is InChI=1S/C13H16INO/c14-11-6-4-10(5-7-11)13(16)9-12-3-1-2-8-15-12/h4-7,12,15H,1-3,8-9H2. The lowest BCUT2D eigenvalue weighted by atomic mass is 9.97. The maximum Gasteiger partial charge on any atom is 0.164 e. The van der Waals surface area contributed by atoms with Crippen LogP contribution in [0.4, 0.5) is 0 Å². The lowest BCUT2D eigenvalue weighted by molar-refractivity contribution is 0.0963. The summed E-state index contributed by atoms with van der Waals surface area (Å²) in [4.78, 5) is 12.0. The van der Waals surface area contributed by atoms with E-state index in [0.717, 1.165) is 18.5 Å². The van der Waals surface area contributed by atoms with Gasteiger partial charge in [-0.25, -0.2) is 0 Å². The fourth-order valence-electron chi connectivity index (χ4n) is 2.08. The summed E-state index contributed by atoms with van der Waals surface area (Å²) in [6, 6.07) is 8.21. The quantitative estimate of drug-likeness (QED) is 0.682. The van der Waals surface area contributed by atoms with E-state index in [1.165, 1.54) is 16.4 Å². The molecular weight excluding hydrogens is 313 g/mol. The third kappa shape index (κ3) is 3.28. The Labute approximate surface area is 110 Å². The van der Waals surface area contributed by atoms with Crippen molar-refractivity contribution in [1.29, 1.82) is 0 Å². The van der Waals surface area contributed by atoms with Crippen LogP contribution < -0.4 is 5.32 Å². The van der Waals surface area contributed by atoms with E-state index in [1.807, 2.05) is 24.3 Å². The van der Waals surface area contributed by atoms with Gasteiger partial charge in [-0.05, 0) is 54.1 Å². The molecule has 1 heterocycles. The molecule has 1 aromatic carbocycles. The summed E-state index contributed by atoms with van der Waals surface area (Å²) < 4.78 is 1.17. The van der Waals surface area contributed by atoms with Crippen LogP contribution in [0, 0.1) is 3.57 Å². The Hall–Kier alpha value is -0.420. The molecular formula is C13H16INO. The van der Waals surface area contributed by atoms with Crippen LogP contribution in [-0.4, -0.2) is 18.4 Å². The van der Waals surface area contributed by atoms with Crippen LogP contribution >= 0.6 is 22.6 Å². The van der Waals surface area contributed by atoms with E-state index >= 15 is 0 Å². The van der Waals surface area contributed by atoms with Gasteiger partial charge in [0.05, 0.1) is 0 Å². The van der Waals surface area contributed by atoms with Gasteiger partial charge >= 0.3 is 0 Å². The first-order valence-corrected chi connectivity index (χ1v) is 6.86. The van der Waals surface area contributed by atoms with Crippen LogP contribution in [0.25, 0.3) is 0 Å². The molecule has 2 nitrogen and oxygen atoms in total. The summed E-state index contributed by atoms with van der Waals surface area (Å²) in [5.74, 6) is 0.260.